The van der Waals surface area contributed by atoms with Crippen molar-refractivity contribution >= 4 is 10.9 Å². The molecule has 1 aliphatic heterocycles. The van der Waals surface area contributed by atoms with Gasteiger partial charge in [-0.25, -0.2) is 4.39 Å². The average Bonchev–Trinajstić information content (AvgIpc) is 3.17. The van der Waals surface area contributed by atoms with Crippen LogP contribution in [-0.2, 0) is 0 Å². The van der Waals surface area contributed by atoms with Crippen molar-refractivity contribution in [3.8, 4) is 11.5 Å². The Hall–Kier alpha value is -2.57. The number of likely N-dealkylation sites (tertiary alicyclic amines) is 1. The molecule has 3 aromatic rings. The van der Waals surface area contributed by atoms with E-state index in [1.54, 1.807) is 19.2 Å². The minimum atomic E-state index is -0.575. The smallest absolute Gasteiger partial charge is 0.123 e. The van der Waals surface area contributed by atoms with Crippen LogP contribution in [0.3, 0.4) is 0 Å². The van der Waals surface area contributed by atoms with Crippen molar-refractivity contribution in [1.82, 2.24) is 9.88 Å². The number of aromatic amines is 1. The number of β-amino-alcohol motifs (C(OH)–C–C–N with tert-alkyl or cyclic N) is 1. The SMILES string of the molecule is COc1ccc2[nH]cc(C3CCN(CC(O)COc4ccc(F)cc4)CC3)c2c1. The number of benzene rings is 2. The second kappa shape index (κ2) is 8.84. The van der Waals surface area contributed by atoms with Crippen molar-refractivity contribution < 1.29 is 19.0 Å². The van der Waals surface area contributed by atoms with E-state index >= 15 is 0 Å². The second-order valence-electron chi connectivity index (χ2n) is 7.65. The Morgan fingerprint density at radius 1 is 1.14 bits per heavy atom. The Morgan fingerprint density at radius 3 is 2.59 bits per heavy atom. The summed E-state index contributed by atoms with van der Waals surface area (Å²) in [6, 6.07) is 12.0. The van der Waals surface area contributed by atoms with E-state index in [1.165, 1.54) is 23.1 Å². The summed E-state index contributed by atoms with van der Waals surface area (Å²) in [6.07, 6.45) is 3.65. The molecule has 29 heavy (non-hydrogen) atoms. The van der Waals surface area contributed by atoms with Crippen LogP contribution in [0.5, 0.6) is 11.5 Å². The Balaban J connectivity index is 1.28. The minimum Gasteiger partial charge on any atom is -0.497 e. The number of ether oxygens (including phenoxy) is 2. The number of rotatable bonds is 7. The molecule has 1 saturated heterocycles. The molecule has 0 amide bonds. The van der Waals surface area contributed by atoms with Crippen molar-refractivity contribution in [3.63, 3.8) is 0 Å². The van der Waals surface area contributed by atoms with Gasteiger partial charge < -0.3 is 24.5 Å². The van der Waals surface area contributed by atoms with Crippen LogP contribution in [0.2, 0.25) is 0 Å². The highest BCUT2D eigenvalue weighted by Crippen LogP contribution is 2.34. The third-order valence-corrected chi connectivity index (χ3v) is 5.67. The molecule has 0 radical (unpaired) electrons. The van der Waals surface area contributed by atoms with E-state index < -0.39 is 6.10 Å². The maximum Gasteiger partial charge on any atom is 0.123 e. The van der Waals surface area contributed by atoms with Gasteiger partial charge in [-0.15, -0.1) is 0 Å². The summed E-state index contributed by atoms with van der Waals surface area (Å²) in [5.74, 6) is 1.65. The van der Waals surface area contributed by atoms with Crippen LogP contribution in [0.15, 0.2) is 48.7 Å². The number of aromatic nitrogens is 1. The highest BCUT2D eigenvalue weighted by Gasteiger charge is 2.24. The zero-order chi connectivity index (χ0) is 20.2. The molecule has 1 aliphatic rings. The monoisotopic (exact) mass is 398 g/mol. The number of nitrogens with one attached hydrogen (secondary N) is 1. The highest BCUT2D eigenvalue weighted by atomic mass is 19.1. The van der Waals surface area contributed by atoms with E-state index in [9.17, 15) is 9.50 Å². The Kier molecular flexibility index (Phi) is 6.02. The summed E-state index contributed by atoms with van der Waals surface area (Å²) in [4.78, 5) is 5.65. The first kappa shape index (κ1) is 19.7. The first-order valence-corrected chi connectivity index (χ1v) is 10.1. The van der Waals surface area contributed by atoms with Crippen molar-refractivity contribution in [2.24, 2.45) is 0 Å². The van der Waals surface area contributed by atoms with Gasteiger partial charge >= 0.3 is 0 Å². The van der Waals surface area contributed by atoms with E-state index in [0.29, 0.717) is 18.2 Å². The first-order valence-electron chi connectivity index (χ1n) is 10.1. The zero-order valence-electron chi connectivity index (χ0n) is 16.6. The molecule has 0 saturated carbocycles. The van der Waals surface area contributed by atoms with Crippen LogP contribution in [0.1, 0.15) is 24.3 Å². The molecule has 154 valence electrons. The standard InChI is InChI=1S/C23H27FN2O3/c1-28-20-6-7-23-21(12-20)22(13-25-23)16-8-10-26(11-9-16)14-18(27)15-29-19-4-2-17(24)3-5-19/h2-7,12-13,16,18,25,27H,8-11,14-15H2,1H3. The third-order valence-electron chi connectivity index (χ3n) is 5.67. The van der Waals surface area contributed by atoms with Crippen LogP contribution in [0.4, 0.5) is 4.39 Å². The average molecular weight is 398 g/mol. The highest BCUT2D eigenvalue weighted by molar-refractivity contribution is 5.85. The number of piperidine rings is 1. The van der Waals surface area contributed by atoms with Gasteiger partial charge in [0.2, 0.25) is 0 Å². The predicted molar refractivity (Wildman–Crippen MR) is 111 cm³/mol. The van der Waals surface area contributed by atoms with Crippen molar-refractivity contribution in [3.05, 3.63) is 60.0 Å². The third kappa shape index (κ3) is 4.71. The van der Waals surface area contributed by atoms with Crippen LogP contribution < -0.4 is 9.47 Å². The van der Waals surface area contributed by atoms with Crippen LogP contribution in [0.25, 0.3) is 10.9 Å². The molecule has 1 atom stereocenters. The van der Waals surface area contributed by atoms with E-state index in [0.717, 1.165) is 37.2 Å². The van der Waals surface area contributed by atoms with E-state index in [4.69, 9.17) is 9.47 Å². The molecule has 2 aromatic carbocycles. The zero-order valence-corrected chi connectivity index (χ0v) is 16.6. The largest absolute Gasteiger partial charge is 0.497 e. The van der Waals surface area contributed by atoms with Gasteiger partial charge in [0.15, 0.2) is 0 Å². The number of hydrogen-bond acceptors (Lipinski definition) is 4. The molecule has 2 N–H and O–H groups in total. The Morgan fingerprint density at radius 2 is 1.86 bits per heavy atom. The fourth-order valence-electron chi connectivity index (χ4n) is 4.09. The van der Waals surface area contributed by atoms with Gasteiger partial charge in [-0.2, -0.15) is 0 Å². The van der Waals surface area contributed by atoms with Gasteiger partial charge in [-0.05, 0) is 79.9 Å². The van der Waals surface area contributed by atoms with Gasteiger partial charge in [0.1, 0.15) is 30.0 Å². The maximum atomic E-state index is 12.9. The van der Waals surface area contributed by atoms with E-state index in [1.807, 2.05) is 6.07 Å². The summed E-state index contributed by atoms with van der Waals surface area (Å²) in [6.45, 7) is 2.66. The number of nitrogens with zero attached hydrogens (tertiary/aromatic N) is 1. The minimum absolute atomic E-state index is 0.202. The van der Waals surface area contributed by atoms with Crippen LogP contribution >= 0.6 is 0 Å². The topological polar surface area (TPSA) is 57.7 Å². The molecule has 2 heterocycles. The lowest BCUT2D eigenvalue weighted by atomic mass is 9.89. The Labute approximate surface area is 170 Å². The molecule has 6 heteroatoms. The molecule has 1 unspecified atom stereocenters. The molecular formula is C23H27FN2O3. The molecule has 0 spiro atoms. The normalized spacial score (nSPS) is 16.8. The van der Waals surface area contributed by atoms with Gasteiger partial charge in [0.05, 0.1) is 7.11 Å². The number of aliphatic hydroxyl groups excluding tert-OH is 1. The molecule has 4 rings (SSSR count). The van der Waals surface area contributed by atoms with Gasteiger partial charge in [-0.3, -0.25) is 0 Å². The first-order chi connectivity index (χ1) is 14.1. The predicted octanol–water partition coefficient (Wildman–Crippen LogP) is 3.93. The van der Waals surface area contributed by atoms with Crippen LogP contribution in [0, 0.1) is 5.82 Å². The quantitative estimate of drug-likeness (QED) is 0.633. The van der Waals surface area contributed by atoms with Crippen molar-refractivity contribution in [2.45, 2.75) is 24.9 Å². The van der Waals surface area contributed by atoms with E-state index in [2.05, 4.69) is 28.2 Å². The Bertz CT molecular complexity index is 933. The lowest BCUT2D eigenvalue weighted by Gasteiger charge is -2.33. The summed E-state index contributed by atoms with van der Waals surface area (Å²) in [7, 11) is 1.69. The number of hydrogen-bond donors (Lipinski definition) is 2. The van der Waals surface area contributed by atoms with Gasteiger partial charge in [-0.1, -0.05) is 0 Å². The number of methoxy groups -OCH3 is 1. The maximum absolute atomic E-state index is 12.9. The molecule has 5 nitrogen and oxygen atoms in total. The second-order valence-corrected chi connectivity index (χ2v) is 7.65. The van der Waals surface area contributed by atoms with Crippen molar-refractivity contribution in [1.29, 1.82) is 0 Å². The summed E-state index contributed by atoms with van der Waals surface area (Å²) < 4.78 is 23.9. The number of aliphatic hydroxyl groups is 1. The van der Waals surface area contributed by atoms with E-state index in [-0.39, 0.29) is 12.4 Å². The lowest BCUT2D eigenvalue weighted by molar-refractivity contribution is 0.0594. The van der Waals surface area contributed by atoms with Gasteiger partial charge in [0, 0.05) is 23.6 Å². The summed E-state index contributed by atoms with van der Waals surface area (Å²) in [5.41, 5.74) is 2.48. The molecule has 0 aliphatic carbocycles. The number of halogens is 1. The molecule has 0 bridgehead atoms. The lowest BCUT2D eigenvalue weighted by Crippen LogP contribution is -2.40. The summed E-state index contributed by atoms with van der Waals surface area (Å²) >= 11 is 0. The number of fused-ring (bicyclic) bond motifs is 1. The van der Waals surface area contributed by atoms with Gasteiger partial charge in [0.25, 0.3) is 0 Å². The fourth-order valence-corrected chi connectivity index (χ4v) is 4.09. The molecule has 1 aromatic heterocycles. The number of H-pyrrole nitrogens is 1. The fraction of sp³-hybridized carbons (Fsp3) is 0.391. The summed E-state index contributed by atoms with van der Waals surface area (Å²) in [5, 5.41) is 11.5. The van der Waals surface area contributed by atoms with Crippen LogP contribution in [-0.4, -0.2) is 54.4 Å². The molecular weight excluding hydrogens is 371 g/mol. The van der Waals surface area contributed by atoms with Crippen molar-refractivity contribution in [2.75, 3.05) is 33.4 Å². The molecule has 1 fully saturated rings.